The summed E-state index contributed by atoms with van der Waals surface area (Å²) in [6.07, 6.45) is -0.958. The molecule has 0 aromatic heterocycles. The third-order valence-corrected chi connectivity index (χ3v) is 3.83. The van der Waals surface area contributed by atoms with Crippen LogP contribution in [-0.4, -0.2) is 23.1 Å². The number of anilines is 1. The molecule has 1 atom stereocenters. The summed E-state index contributed by atoms with van der Waals surface area (Å²) in [7, 11) is 0. The Labute approximate surface area is 141 Å². The second-order valence-corrected chi connectivity index (χ2v) is 5.80. The predicted molar refractivity (Wildman–Crippen MR) is 92.3 cm³/mol. The summed E-state index contributed by atoms with van der Waals surface area (Å²) >= 11 is 0. The van der Waals surface area contributed by atoms with Crippen molar-refractivity contribution in [1.82, 2.24) is 0 Å². The average Bonchev–Trinajstić information content (AvgIpc) is 2.53. The first kappa shape index (κ1) is 17.5. The maximum absolute atomic E-state index is 12.3. The van der Waals surface area contributed by atoms with Gasteiger partial charge in [0.15, 0.2) is 6.10 Å². The number of aromatic hydroxyl groups is 1. The Balaban J connectivity index is 2.05. The Morgan fingerprint density at radius 1 is 1.04 bits per heavy atom. The minimum absolute atomic E-state index is 0.0112. The number of aryl methyl sites for hydroxylation is 3. The van der Waals surface area contributed by atoms with E-state index < -0.39 is 18.0 Å². The van der Waals surface area contributed by atoms with Gasteiger partial charge in [0.25, 0.3) is 5.91 Å². The Bertz CT molecular complexity index is 763. The molecule has 0 radical (unpaired) electrons. The molecule has 0 fully saturated rings. The molecule has 0 aliphatic heterocycles. The molecule has 0 saturated heterocycles. The molecule has 0 saturated carbocycles. The Kier molecular flexibility index (Phi) is 5.24. The lowest BCUT2D eigenvalue weighted by molar-refractivity contribution is -0.123. The maximum Gasteiger partial charge on any atom is 0.339 e. The van der Waals surface area contributed by atoms with Crippen molar-refractivity contribution >= 4 is 17.6 Å². The predicted octanol–water partition coefficient (Wildman–Crippen LogP) is 3.50. The molecular weight excluding hydrogens is 306 g/mol. The number of rotatable bonds is 4. The second-order valence-electron chi connectivity index (χ2n) is 5.80. The van der Waals surface area contributed by atoms with Crippen LogP contribution in [0.2, 0.25) is 0 Å². The quantitative estimate of drug-likeness (QED) is 0.843. The monoisotopic (exact) mass is 327 g/mol. The van der Waals surface area contributed by atoms with E-state index in [1.165, 1.54) is 13.0 Å². The van der Waals surface area contributed by atoms with Crippen molar-refractivity contribution < 1.29 is 19.4 Å². The molecule has 5 nitrogen and oxygen atoms in total. The first-order valence-corrected chi connectivity index (χ1v) is 7.67. The number of hydrogen-bond acceptors (Lipinski definition) is 4. The number of benzene rings is 2. The van der Waals surface area contributed by atoms with Crippen LogP contribution >= 0.6 is 0 Å². The van der Waals surface area contributed by atoms with E-state index in [0.29, 0.717) is 5.56 Å². The first-order valence-electron chi connectivity index (χ1n) is 7.67. The molecular formula is C19H21NO4. The summed E-state index contributed by atoms with van der Waals surface area (Å²) in [5, 5.41) is 12.5. The van der Waals surface area contributed by atoms with Gasteiger partial charge in [-0.15, -0.1) is 0 Å². The topological polar surface area (TPSA) is 75.6 Å². The van der Waals surface area contributed by atoms with E-state index >= 15 is 0 Å². The van der Waals surface area contributed by atoms with E-state index in [-0.39, 0.29) is 11.3 Å². The third kappa shape index (κ3) is 3.93. The zero-order valence-corrected chi connectivity index (χ0v) is 14.2. The molecule has 2 aromatic carbocycles. The smallest absolute Gasteiger partial charge is 0.339 e. The van der Waals surface area contributed by atoms with Crippen molar-refractivity contribution in [2.75, 3.05) is 5.32 Å². The number of amides is 1. The number of phenols is 1. The van der Waals surface area contributed by atoms with Crippen LogP contribution in [0.3, 0.4) is 0 Å². The van der Waals surface area contributed by atoms with Gasteiger partial charge >= 0.3 is 5.97 Å². The van der Waals surface area contributed by atoms with Crippen molar-refractivity contribution in [2.24, 2.45) is 0 Å². The van der Waals surface area contributed by atoms with E-state index in [2.05, 4.69) is 5.32 Å². The van der Waals surface area contributed by atoms with Gasteiger partial charge in [0.05, 0.1) is 5.56 Å². The van der Waals surface area contributed by atoms with E-state index in [9.17, 15) is 14.7 Å². The van der Waals surface area contributed by atoms with Gasteiger partial charge in [-0.05, 0) is 56.5 Å². The van der Waals surface area contributed by atoms with Crippen LogP contribution < -0.4 is 5.32 Å². The van der Waals surface area contributed by atoms with E-state index in [1.807, 2.05) is 32.0 Å². The SMILES string of the molecule is Cc1ccc(C(=O)OC(C)C(=O)Nc2c(C)cccc2C)cc1O. The van der Waals surface area contributed by atoms with Crippen LogP contribution in [-0.2, 0) is 9.53 Å². The molecule has 0 aliphatic rings. The number of ether oxygens (including phenoxy) is 1. The molecule has 2 rings (SSSR count). The van der Waals surface area contributed by atoms with Gasteiger partial charge in [-0.3, -0.25) is 4.79 Å². The summed E-state index contributed by atoms with van der Waals surface area (Å²) in [6, 6.07) is 10.2. The van der Waals surface area contributed by atoms with Crippen molar-refractivity contribution in [3.63, 3.8) is 0 Å². The molecule has 1 amide bonds. The van der Waals surface area contributed by atoms with E-state index in [0.717, 1.165) is 16.8 Å². The first-order chi connectivity index (χ1) is 11.3. The van der Waals surface area contributed by atoms with Crippen molar-refractivity contribution in [1.29, 1.82) is 0 Å². The van der Waals surface area contributed by atoms with Crippen molar-refractivity contribution in [3.05, 3.63) is 58.7 Å². The molecule has 0 bridgehead atoms. The van der Waals surface area contributed by atoms with Crippen LogP contribution in [0, 0.1) is 20.8 Å². The minimum Gasteiger partial charge on any atom is -0.508 e. The molecule has 24 heavy (non-hydrogen) atoms. The normalized spacial score (nSPS) is 11.7. The molecule has 126 valence electrons. The number of para-hydroxylation sites is 1. The molecule has 0 heterocycles. The fourth-order valence-corrected chi connectivity index (χ4v) is 2.25. The summed E-state index contributed by atoms with van der Waals surface area (Å²) in [6.45, 7) is 7.03. The van der Waals surface area contributed by atoms with Gasteiger partial charge in [0.2, 0.25) is 0 Å². The summed E-state index contributed by atoms with van der Waals surface area (Å²) < 4.78 is 5.18. The van der Waals surface area contributed by atoms with Gasteiger partial charge < -0.3 is 15.2 Å². The number of carbonyl (C=O) groups excluding carboxylic acids is 2. The number of phenolic OH excluding ortho intramolecular Hbond substituents is 1. The highest BCUT2D eigenvalue weighted by atomic mass is 16.5. The molecule has 0 spiro atoms. The molecule has 2 N–H and O–H groups in total. The molecule has 0 aliphatic carbocycles. The second kappa shape index (κ2) is 7.17. The van der Waals surface area contributed by atoms with Crippen LogP contribution in [0.4, 0.5) is 5.69 Å². The highest BCUT2D eigenvalue weighted by Crippen LogP contribution is 2.21. The largest absolute Gasteiger partial charge is 0.508 e. The zero-order valence-electron chi connectivity index (χ0n) is 14.2. The van der Waals surface area contributed by atoms with Gasteiger partial charge in [0.1, 0.15) is 5.75 Å². The minimum atomic E-state index is -0.958. The fraction of sp³-hybridized carbons (Fsp3) is 0.263. The highest BCUT2D eigenvalue weighted by Gasteiger charge is 2.20. The third-order valence-electron chi connectivity index (χ3n) is 3.83. The number of hydrogen-bond donors (Lipinski definition) is 2. The average molecular weight is 327 g/mol. The summed E-state index contributed by atoms with van der Waals surface area (Å²) in [4.78, 5) is 24.4. The Morgan fingerprint density at radius 3 is 2.25 bits per heavy atom. The zero-order chi connectivity index (χ0) is 17.9. The van der Waals surface area contributed by atoms with Crippen molar-refractivity contribution in [2.45, 2.75) is 33.8 Å². The number of nitrogens with one attached hydrogen (secondary N) is 1. The van der Waals surface area contributed by atoms with Crippen LogP contribution in [0.25, 0.3) is 0 Å². The standard InChI is InChI=1S/C19H21NO4/c1-11-8-9-15(10-16(11)21)19(23)24-14(4)18(22)20-17-12(2)6-5-7-13(17)3/h5-10,14,21H,1-4H3,(H,20,22). The van der Waals surface area contributed by atoms with Gasteiger partial charge in [-0.2, -0.15) is 0 Å². The van der Waals surface area contributed by atoms with Crippen LogP contribution in [0.5, 0.6) is 5.75 Å². The number of carbonyl (C=O) groups is 2. The van der Waals surface area contributed by atoms with E-state index in [4.69, 9.17) is 4.74 Å². The van der Waals surface area contributed by atoms with Crippen LogP contribution in [0.1, 0.15) is 34.0 Å². The fourth-order valence-electron chi connectivity index (χ4n) is 2.25. The van der Waals surface area contributed by atoms with Gasteiger partial charge in [-0.25, -0.2) is 4.79 Å². The van der Waals surface area contributed by atoms with E-state index in [1.54, 1.807) is 19.1 Å². The molecule has 1 unspecified atom stereocenters. The Hall–Kier alpha value is -2.82. The lowest BCUT2D eigenvalue weighted by Gasteiger charge is -2.16. The number of esters is 1. The van der Waals surface area contributed by atoms with Crippen LogP contribution in [0.15, 0.2) is 36.4 Å². The Morgan fingerprint density at radius 2 is 1.67 bits per heavy atom. The lowest BCUT2D eigenvalue weighted by Crippen LogP contribution is -2.30. The summed E-state index contributed by atoms with van der Waals surface area (Å²) in [5.41, 5.74) is 3.45. The highest BCUT2D eigenvalue weighted by molar-refractivity contribution is 5.98. The molecule has 2 aromatic rings. The summed E-state index contributed by atoms with van der Waals surface area (Å²) in [5.74, 6) is -1.05. The maximum atomic E-state index is 12.3. The van der Waals surface area contributed by atoms with Gasteiger partial charge in [0, 0.05) is 5.69 Å². The lowest BCUT2D eigenvalue weighted by atomic mass is 10.1. The van der Waals surface area contributed by atoms with Crippen molar-refractivity contribution in [3.8, 4) is 5.75 Å². The molecule has 5 heteroatoms. The van der Waals surface area contributed by atoms with Gasteiger partial charge in [-0.1, -0.05) is 24.3 Å².